The van der Waals surface area contributed by atoms with Crippen LogP contribution in [0.15, 0.2) is 60.7 Å². The highest BCUT2D eigenvalue weighted by atomic mass is 16.6. The van der Waals surface area contributed by atoms with Gasteiger partial charge < -0.3 is 21.5 Å². The summed E-state index contributed by atoms with van der Waals surface area (Å²) in [4.78, 5) is 45.8. The number of ether oxygens (including phenoxy) is 1. The number of aromatic amines is 1. The summed E-state index contributed by atoms with van der Waals surface area (Å²) in [6.45, 7) is 7.83. The maximum absolute atomic E-state index is 14.1. The number of rotatable bonds is 9. The van der Waals surface area contributed by atoms with Gasteiger partial charge in [0, 0.05) is 29.3 Å². The Kier molecular flexibility index (Phi) is 10.5. The Hall–Kier alpha value is -5.17. The minimum atomic E-state index is -0.967. The average molecular weight is 654 g/mol. The molecule has 0 spiro atoms. The van der Waals surface area contributed by atoms with Gasteiger partial charge in [0.2, 0.25) is 11.7 Å². The number of nitrogen functional groups attached to an aromatic ring is 1. The van der Waals surface area contributed by atoms with E-state index in [9.17, 15) is 14.4 Å². The summed E-state index contributed by atoms with van der Waals surface area (Å²) < 4.78 is 5.35. The van der Waals surface area contributed by atoms with Gasteiger partial charge in [0.15, 0.2) is 0 Å². The molecule has 2 aromatic heterocycles. The third kappa shape index (κ3) is 8.59. The van der Waals surface area contributed by atoms with Gasteiger partial charge in [-0.05, 0) is 118 Å². The van der Waals surface area contributed by atoms with Crippen molar-refractivity contribution in [2.24, 2.45) is 17.6 Å². The van der Waals surface area contributed by atoms with Gasteiger partial charge in [0.1, 0.15) is 11.4 Å². The number of imide groups is 1. The largest absolute Gasteiger partial charge is 0.444 e. The molecule has 1 aliphatic rings. The van der Waals surface area contributed by atoms with E-state index in [4.69, 9.17) is 16.2 Å². The second-order valence-electron chi connectivity index (χ2n) is 13.3. The molecular weight excluding hydrogens is 610 g/mol. The smallest absolute Gasteiger partial charge is 0.407 e. The van der Waals surface area contributed by atoms with E-state index in [2.05, 4.69) is 30.9 Å². The Balaban J connectivity index is 1.29. The number of benzene rings is 2. The van der Waals surface area contributed by atoms with Gasteiger partial charge >= 0.3 is 6.09 Å². The summed E-state index contributed by atoms with van der Waals surface area (Å²) >= 11 is 0. The first-order valence-electron chi connectivity index (χ1n) is 16.1. The van der Waals surface area contributed by atoms with Gasteiger partial charge in [0.25, 0.3) is 5.91 Å². The molecule has 2 heterocycles. The monoisotopic (exact) mass is 653 g/mol. The highest BCUT2D eigenvalue weighted by Crippen LogP contribution is 2.32. The molecule has 6 N–H and O–H groups in total. The minimum absolute atomic E-state index is 0.206. The second kappa shape index (κ2) is 14.7. The zero-order valence-electron chi connectivity index (χ0n) is 27.8. The van der Waals surface area contributed by atoms with Crippen LogP contribution in [-0.4, -0.2) is 61.7 Å². The first-order chi connectivity index (χ1) is 22.9. The Morgan fingerprint density at radius 3 is 2.25 bits per heavy atom. The van der Waals surface area contributed by atoms with E-state index in [0.29, 0.717) is 42.3 Å². The van der Waals surface area contributed by atoms with E-state index in [1.165, 1.54) is 4.90 Å². The first kappa shape index (κ1) is 34.2. The molecule has 0 bridgehead atoms. The van der Waals surface area contributed by atoms with Gasteiger partial charge in [0.05, 0.1) is 11.7 Å². The third-order valence-electron chi connectivity index (χ3n) is 8.44. The van der Waals surface area contributed by atoms with Crippen LogP contribution in [0.5, 0.6) is 0 Å². The average Bonchev–Trinajstić information content (AvgIpc) is 3.59. The summed E-state index contributed by atoms with van der Waals surface area (Å²) in [6, 6.07) is 17.4. The predicted molar refractivity (Wildman–Crippen MR) is 182 cm³/mol. The van der Waals surface area contributed by atoms with Crippen LogP contribution < -0.4 is 21.7 Å². The molecule has 2 aromatic carbocycles. The van der Waals surface area contributed by atoms with Crippen molar-refractivity contribution in [2.45, 2.75) is 71.4 Å². The number of hydrogen-bond acceptors (Lipinski definition) is 10. The standard InChI is InChI=1S/C35H43N9O4/c1-21-28(17-18-30(37)39-21)24-9-5-22(6-10-24)19-29(36)33(46)44(27-15-13-25(14-16-27)31-40-42-43-41-31)32(45)26-11-7-23(8-12-26)20-38-34(47)48-35(2,3)4/h5-6,9-10,13-18,23,26,29H,7-8,11-12,19-20,36H2,1-4H3,(H2,37,39)(H,38,47)(H,40,41,42,43)/t23?,26?,29-/m0/s1. The fourth-order valence-corrected chi connectivity index (χ4v) is 5.96. The molecule has 1 saturated carbocycles. The van der Waals surface area contributed by atoms with Crippen molar-refractivity contribution in [2.75, 3.05) is 17.2 Å². The molecule has 13 nitrogen and oxygen atoms in total. The Morgan fingerprint density at radius 1 is 0.979 bits per heavy atom. The Bertz CT molecular complexity index is 1710. The topological polar surface area (TPSA) is 195 Å². The first-order valence-corrected chi connectivity index (χ1v) is 16.1. The zero-order valence-corrected chi connectivity index (χ0v) is 27.8. The summed E-state index contributed by atoms with van der Waals surface area (Å²) in [6.07, 6.45) is 2.41. The Labute approximate surface area is 279 Å². The molecule has 0 radical (unpaired) electrons. The lowest BCUT2D eigenvalue weighted by atomic mass is 9.81. The fraction of sp³-hybridized carbons (Fsp3) is 0.400. The summed E-state index contributed by atoms with van der Waals surface area (Å²) in [5.41, 5.74) is 16.5. The van der Waals surface area contributed by atoms with Crippen LogP contribution in [0, 0.1) is 18.8 Å². The maximum atomic E-state index is 14.1. The van der Waals surface area contributed by atoms with E-state index in [0.717, 1.165) is 35.2 Å². The molecule has 1 atom stereocenters. The van der Waals surface area contributed by atoms with E-state index in [1.807, 2.05) is 58.0 Å². The summed E-state index contributed by atoms with van der Waals surface area (Å²) in [5, 5.41) is 16.9. The van der Waals surface area contributed by atoms with Crippen LogP contribution in [0.2, 0.25) is 0 Å². The Morgan fingerprint density at radius 2 is 1.65 bits per heavy atom. The molecule has 1 fully saturated rings. The highest BCUT2D eigenvalue weighted by Gasteiger charge is 2.35. The number of alkyl carbamates (subject to hydrolysis) is 1. The van der Waals surface area contributed by atoms with Crippen LogP contribution in [0.3, 0.4) is 0 Å². The number of nitrogens with one attached hydrogen (secondary N) is 2. The lowest BCUT2D eigenvalue weighted by Crippen LogP contribution is -2.50. The van der Waals surface area contributed by atoms with Crippen LogP contribution in [0.1, 0.15) is 57.7 Å². The predicted octanol–water partition coefficient (Wildman–Crippen LogP) is 4.58. The molecule has 0 aliphatic heterocycles. The molecule has 0 saturated heterocycles. The summed E-state index contributed by atoms with van der Waals surface area (Å²) in [7, 11) is 0. The number of anilines is 2. The van der Waals surface area contributed by atoms with Crippen molar-refractivity contribution in [3.05, 3.63) is 71.9 Å². The van der Waals surface area contributed by atoms with Gasteiger partial charge in [-0.15, -0.1) is 10.2 Å². The number of hydrogen-bond donors (Lipinski definition) is 4. The number of H-pyrrole nitrogens is 1. The van der Waals surface area contributed by atoms with E-state index in [1.54, 1.807) is 30.3 Å². The van der Waals surface area contributed by atoms with Crippen LogP contribution >= 0.6 is 0 Å². The van der Waals surface area contributed by atoms with Crippen LogP contribution in [0.25, 0.3) is 22.5 Å². The van der Waals surface area contributed by atoms with Gasteiger partial charge in [-0.2, -0.15) is 5.21 Å². The molecule has 252 valence electrons. The van der Waals surface area contributed by atoms with Gasteiger partial charge in [-0.1, -0.05) is 24.3 Å². The lowest BCUT2D eigenvalue weighted by Gasteiger charge is -2.32. The fourth-order valence-electron chi connectivity index (χ4n) is 5.96. The van der Waals surface area contributed by atoms with Crippen molar-refractivity contribution in [3.8, 4) is 22.5 Å². The number of nitrogens with zero attached hydrogens (tertiary/aromatic N) is 5. The lowest BCUT2D eigenvalue weighted by molar-refractivity contribution is -0.130. The van der Waals surface area contributed by atoms with Crippen LogP contribution in [0.4, 0.5) is 16.3 Å². The van der Waals surface area contributed by atoms with E-state index < -0.39 is 23.6 Å². The highest BCUT2D eigenvalue weighted by molar-refractivity contribution is 6.17. The second-order valence-corrected chi connectivity index (χ2v) is 13.3. The van der Waals surface area contributed by atoms with Crippen molar-refractivity contribution >= 4 is 29.4 Å². The molecule has 5 rings (SSSR count). The normalized spacial score (nSPS) is 16.9. The SMILES string of the molecule is Cc1nc(N)ccc1-c1ccc(C[C@H](N)C(=O)N(C(=O)C2CCC(CNC(=O)OC(C)(C)C)CC2)c2ccc(-c3nn[nH]n3)cc2)cc1. The van der Waals surface area contributed by atoms with Crippen molar-refractivity contribution in [1.82, 2.24) is 30.9 Å². The number of aromatic nitrogens is 5. The van der Waals surface area contributed by atoms with Crippen LogP contribution in [-0.2, 0) is 20.7 Å². The number of aryl methyl sites for hydroxylation is 1. The maximum Gasteiger partial charge on any atom is 0.407 e. The number of carbonyl (C=O) groups is 3. The van der Waals surface area contributed by atoms with E-state index in [-0.39, 0.29) is 24.2 Å². The summed E-state index contributed by atoms with van der Waals surface area (Å²) in [5.74, 6) is -0.0742. The quantitative estimate of drug-likeness (QED) is 0.199. The molecule has 4 aromatic rings. The molecular formula is C35H43N9O4. The van der Waals surface area contributed by atoms with Gasteiger partial charge in [-0.3, -0.25) is 9.59 Å². The number of amides is 3. The zero-order chi connectivity index (χ0) is 34.4. The van der Waals surface area contributed by atoms with Gasteiger partial charge in [-0.25, -0.2) is 14.7 Å². The molecule has 1 aliphatic carbocycles. The number of pyridine rings is 1. The van der Waals surface area contributed by atoms with Crippen molar-refractivity contribution < 1.29 is 19.1 Å². The third-order valence-corrected chi connectivity index (χ3v) is 8.44. The minimum Gasteiger partial charge on any atom is -0.444 e. The van der Waals surface area contributed by atoms with E-state index >= 15 is 0 Å². The van der Waals surface area contributed by atoms with Crippen molar-refractivity contribution in [1.29, 1.82) is 0 Å². The molecule has 0 unspecified atom stereocenters. The number of tetrazole rings is 1. The molecule has 3 amide bonds. The number of carbonyl (C=O) groups excluding carboxylic acids is 3. The van der Waals surface area contributed by atoms with Crippen molar-refractivity contribution in [3.63, 3.8) is 0 Å². The molecule has 13 heteroatoms. The molecule has 48 heavy (non-hydrogen) atoms. The number of nitrogens with two attached hydrogens (primary N) is 2.